The maximum absolute atomic E-state index is 6.53. The SMILES string of the molecule is Cc1ccnc(-n2c3ccccc3c3ccc(Oc4cccc(-n5cc(-c6c(CC(C)C)c(C)cc(C)c6CC(C)C)cn5)c4)cc32)c1. The molecule has 3 heterocycles. The minimum absolute atomic E-state index is 0.564. The molecule has 0 bridgehead atoms. The van der Waals surface area contributed by atoms with Crippen LogP contribution in [0.1, 0.15) is 55.5 Å². The molecule has 0 spiro atoms. The van der Waals surface area contributed by atoms with Gasteiger partial charge in [-0.3, -0.25) is 4.57 Å². The molecule has 7 aromatic rings. The van der Waals surface area contributed by atoms with Gasteiger partial charge in [-0.25, -0.2) is 9.67 Å². The van der Waals surface area contributed by atoms with E-state index in [2.05, 4.69) is 120 Å². The molecule has 0 N–H and O–H groups in total. The molecular formula is C43H44N4O. The number of pyridine rings is 1. The van der Waals surface area contributed by atoms with Gasteiger partial charge >= 0.3 is 0 Å². The average molecular weight is 633 g/mol. The summed E-state index contributed by atoms with van der Waals surface area (Å²) in [4.78, 5) is 4.73. The summed E-state index contributed by atoms with van der Waals surface area (Å²) < 4.78 is 10.7. The third-order valence-electron chi connectivity index (χ3n) is 9.18. The van der Waals surface area contributed by atoms with Crippen molar-refractivity contribution in [3.05, 3.63) is 131 Å². The van der Waals surface area contributed by atoms with Gasteiger partial charge in [-0.05, 0) is 121 Å². The van der Waals surface area contributed by atoms with Gasteiger partial charge in [0.05, 0.1) is 22.9 Å². The Morgan fingerprint density at radius 1 is 0.688 bits per heavy atom. The van der Waals surface area contributed by atoms with Crippen LogP contribution < -0.4 is 4.74 Å². The maximum Gasteiger partial charge on any atom is 0.137 e. The topological polar surface area (TPSA) is 44.9 Å². The summed E-state index contributed by atoms with van der Waals surface area (Å²) >= 11 is 0. The molecule has 0 radical (unpaired) electrons. The number of hydrogen-bond donors (Lipinski definition) is 0. The molecule has 3 aromatic heterocycles. The van der Waals surface area contributed by atoms with Crippen molar-refractivity contribution in [1.29, 1.82) is 0 Å². The molecule has 0 atom stereocenters. The van der Waals surface area contributed by atoms with Crippen LogP contribution in [-0.2, 0) is 12.8 Å². The molecule has 0 aliphatic carbocycles. The van der Waals surface area contributed by atoms with Crippen molar-refractivity contribution in [3.63, 3.8) is 0 Å². The fourth-order valence-corrected chi connectivity index (χ4v) is 7.09. The van der Waals surface area contributed by atoms with Gasteiger partial charge in [0, 0.05) is 40.9 Å². The van der Waals surface area contributed by atoms with Gasteiger partial charge in [-0.1, -0.05) is 58.0 Å². The minimum atomic E-state index is 0.564. The van der Waals surface area contributed by atoms with Crippen molar-refractivity contribution in [1.82, 2.24) is 19.3 Å². The molecule has 0 aliphatic rings. The van der Waals surface area contributed by atoms with Crippen molar-refractivity contribution in [2.24, 2.45) is 11.8 Å². The fourth-order valence-electron chi connectivity index (χ4n) is 7.09. The Kier molecular flexibility index (Phi) is 8.38. The molecule has 0 unspecified atom stereocenters. The van der Waals surface area contributed by atoms with E-state index in [1.165, 1.54) is 49.7 Å². The van der Waals surface area contributed by atoms with Gasteiger partial charge in [0.1, 0.15) is 17.3 Å². The molecule has 5 heteroatoms. The van der Waals surface area contributed by atoms with Crippen LogP contribution in [-0.4, -0.2) is 19.3 Å². The zero-order chi connectivity index (χ0) is 33.5. The molecule has 4 aromatic carbocycles. The Bertz CT molecular complexity index is 2230. The molecular weight excluding hydrogens is 589 g/mol. The van der Waals surface area contributed by atoms with E-state index >= 15 is 0 Å². The Morgan fingerprint density at radius 2 is 1.40 bits per heavy atom. The third kappa shape index (κ3) is 6.01. The second kappa shape index (κ2) is 12.8. The zero-order valence-electron chi connectivity index (χ0n) is 29.1. The van der Waals surface area contributed by atoms with E-state index in [-0.39, 0.29) is 0 Å². The summed E-state index contributed by atoms with van der Waals surface area (Å²) in [6.45, 7) is 15.8. The summed E-state index contributed by atoms with van der Waals surface area (Å²) in [7, 11) is 0. The highest BCUT2D eigenvalue weighted by Crippen LogP contribution is 2.37. The summed E-state index contributed by atoms with van der Waals surface area (Å²) in [5.41, 5.74) is 12.4. The summed E-state index contributed by atoms with van der Waals surface area (Å²) in [5, 5.41) is 7.24. The summed E-state index contributed by atoms with van der Waals surface area (Å²) in [5.74, 6) is 3.55. The second-order valence-electron chi connectivity index (χ2n) is 14.0. The predicted octanol–water partition coefficient (Wildman–Crippen LogP) is 11.1. The van der Waals surface area contributed by atoms with Crippen molar-refractivity contribution < 1.29 is 4.74 Å². The number of rotatable bonds is 9. The van der Waals surface area contributed by atoms with Crippen LogP contribution in [0.15, 0.2) is 104 Å². The van der Waals surface area contributed by atoms with Crippen LogP contribution in [0.25, 0.3) is 44.4 Å². The molecule has 0 saturated heterocycles. The fraction of sp³-hybridized carbons (Fsp3) is 0.256. The van der Waals surface area contributed by atoms with Gasteiger partial charge in [0.15, 0.2) is 0 Å². The quantitative estimate of drug-likeness (QED) is 0.159. The van der Waals surface area contributed by atoms with E-state index in [9.17, 15) is 0 Å². The summed E-state index contributed by atoms with van der Waals surface area (Å²) in [6, 6.07) is 29.5. The largest absolute Gasteiger partial charge is 0.457 e. The van der Waals surface area contributed by atoms with E-state index < -0.39 is 0 Å². The zero-order valence-corrected chi connectivity index (χ0v) is 29.1. The van der Waals surface area contributed by atoms with Gasteiger partial charge < -0.3 is 4.74 Å². The lowest BCUT2D eigenvalue weighted by atomic mass is 9.83. The van der Waals surface area contributed by atoms with Crippen LogP contribution >= 0.6 is 0 Å². The molecule has 0 aliphatic heterocycles. The number of fused-ring (bicyclic) bond motifs is 3. The minimum Gasteiger partial charge on any atom is -0.457 e. The maximum atomic E-state index is 6.53. The second-order valence-corrected chi connectivity index (χ2v) is 14.0. The van der Waals surface area contributed by atoms with E-state index in [0.29, 0.717) is 11.8 Å². The number of aromatic nitrogens is 4. The van der Waals surface area contributed by atoms with Gasteiger partial charge in [-0.2, -0.15) is 5.10 Å². The first-order chi connectivity index (χ1) is 23.2. The van der Waals surface area contributed by atoms with Crippen molar-refractivity contribution in [3.8, 4) is 34.1 Å². The van der Waals surface area contributed by atoms with Crippen molar-refractivity contribution >= 4 is 21.8 Å². The number of benzene rings is 4. The Balaban J connectivity index is 1.25. The van der Waals surface area contributed by atoms with Gasteiger partial charge in [-0.15, -0.1) is 0 Å². The molecule has 7 rings (SSSR count). The van der Waals surface area contributed by atoms with Gasteiger partial charge in [0.2, 0.25) is 0 Å². The van der Waals surface area contributed by atoms with E-state index in [4.69, 9.17) is 14.8 Å². The number of ether oxygens (including phenoxy) is 1. The number of para-hydroxylation sites is 1. The number of aryl methyl sites for hydroxylation is 3. The average Bonchev–Trinajstić information content (AvgIpc) is 3.66. The lowest BCUT2D eigenvalue weighted by molar-refractivity contribution is 0.483. The number of nitrogens with zero attached hydrogens (tertiary/aromatic N) is 4. The highest BCUT2D eigenvalue weighted by atomic mass is 16.5. The van der Waals surface area contributed by atoms with Crippen LogP contribution in [0.2, 0.25) is 0 Å². The smallest absolute Gasteiger partial charge is 0.137 e. The molecule has 0 amide bonds. The van der Waals surface area contributed by atoms with Crippen LogP contribution in [0.5, 0.6) is 11.5 Å². The van der Waals surface area contributed by atoms with Gasteiger partial charge in [0.25, 0.3) is 0 Å². The molecule has 242 valence electrons. The molecule has 48 heavy (non-hydrogen) atoms. The lowest BCUT2D eigenvalue weighted by Gasteiger charge is -2.22. The monoisotopic (exact) mass is 632 g/mol. The molecule has 0 saturated carbocycles. The Labute approximate surface area is 283 Å². The number of hydrogen-bond acceptors (Lipinski definition) is 3. The van der Waals surface area contributed by atoms with E-state index in [0.717, 1.165) is 46.9 Å². The molecule has 0 fully saturated rings. The van der Waals surface area contributed by atoms with Crippen LogP contribution in [0.3, 0.4) is 0 Å². The molecule has 5 nitrogen and oxygen atoms in total. The lowest BCUT2D eigenvalue weighted by Crippen LogP contribution is -2.07. The predicted molar refractivity (Wildman–Crippen MR) is 199 cm³/mol. The van der Waals surface area contributed by atoms with E-state index in [1.807, 2.05) is 41.3 Å². The third-order valence-corrected chi connectivity index (χ3v) is 9.18. The highest BCUT2D eigenvalue weighted by Gasteiger charge is 2.20. The Morgan fingerprint density at radius 3 is 2.12 bits per heavy atom. The van der Waals surface area contributed by atoms with Crippen molar-refractivity contribution in [2.45, 2.75) is 61.3 Å². The van der Waals surface area contributed by atoms with Crippen molar-refractivity contribution in [2.75, 3.05) is 0 Å². The standard InChI is InChI=1S/C43H44N4O/c1-27(2)19-38-30(6)22-31(7)39(20-28(3)4)43(38)32-25-45-46(26-32)33-11-10-12-34(23-33)48-35-15-16-37-36-13-8-9-14-40(36)47(41(37)24-35)42-21-29(5)17-18-44-42/h8-18,21-28H,19-20H2,1-7H3. The first-order valence-corrected chi connectivity index (χ1v) is 17.1. The first kappa shape index (κ1) is 31.4. The normalized spacial score (nSPS) is 11.8. The van der Waals surface area contributed by atoms with Crippen LogP contribution in [0.4, 0.5) is 0 Å². The summed E-state index contributed by atoms with van der Waals surface area (Å²) in [6.07, 6.45) is 8.17. The first-order valence-electron chi connectivity index (χ1n) is 17.1. The Hall–Kier alpha value is -5.16. The highest BCUT2D eigenvalue weighted by molar-refractivity contribution is 6.09. The van der Waals surface area contributed by atoms with Crippen LogP contribution in [0, 0.1) is 32.6 Å². The van der Waals surface area contributed by atoms with E-state index in [1.54, 1.807) is 0 Å².